The minimum atomic E-state index is -1.06. The predicted molar refractivity (Wildman–Crippen MR) is 173 cm³/mol. The molecule has 45 heavy (non-hydrogen) atoms. The van der Waals surface area contributed by atoms with Crippen LogP contribution in [0.25, 0.3) is 0 Å². The quantitative estimate of drug-likeness (QED) is 0.141. The number of benzene rings is 2. The van der Waals surface area contributed by atoms with E-state index < -0.39 is 34.3 Å². The summed E-state index contributed by atoms with van der Waals surface area (Å²) in [7, 11) is 0. The second-order valence-electron chi connectivity index (χ2n) is 13.1. The van der Waals surface area contributed by atoms with Gasteiger partial charge in [-0.05, 0) is 90.5 Å². The molecule has 0 aliphatic heterocycles. The van der Waals surface area contributed by atoms with Gasteiger partial charge >= 0.3 is 12.2 Å². The molecule has 0 bridgehead atoms. The number of hydrogen-bond acceptors (Lipinski definition) is 4. The van der Waals surface area contributed by atoms with Crippen LogP contribution in [0.4, 0.5) is 9.59 Å². The molecule has 0 atom stereocenters. The van der Waals surface area contributed by atoms with Gasteiger partial charge in [0.2, 0.25) is 11.8 Å². The fraction of sp³-hybridized carbons (Fsp3) is 0.529. The summed E-state index contributed by atoms with van der Waals surface area (Å²) in [6.45, 7) is 18.9. The first-order chi connectivity index (χ1) is 20.2. The van der Waals surface area contributed by atoms with Gasteiger partial charge in [-0.25, -0.2) is 9.59 Å². The molecule has 0 aliphatic rings. The molecule has 6 N–H and O–H groups in total. The second-order valence-corrected chi connectivity index (χ2v) is 13.1. The maximum atomic E-state index is 11.9. The SMILES string of the molecule is CCCC(=O)NC(C)(C)c1cccc(C(C)(C)NC(=O)O)c1.CCCC(=O)NC(C)(C)c1cccc(C(C)(C)NC(=O)O)c1.[W]. The molecule has 2 aromatic rings. The fourth-order valence-electron chi connectivity index (χ4n) is 4.69. The molecule has 0 aliphatic carbocycles. The number of carbonyl (C=O) groups is 4. The van der Waals surface area contributed by atoms with E-state index in [2.05, 4.69) is 21.3 Å². The average molecular weight is 797 g/mol. The van der Waals surface area contributed by atoms with Gasteiger partial charge in [-0.1, -0.05) is 62.4 Å². The number of rotatable bonds is 12. The van der Waals surface area contributed by atoms with Gasteiger partial charge in [-0.2, -0.15) is 0 Å². The molecule has 10 nitrogen and oxygen atoms in total. The van der Waals surface area contributed by atoms with Crippen LogP contribution in [0.15, 0.2) is 48.5 Å². The molecular weight excluding hydrogens is 744 g/mol. The largest absolute Gasteiger partial charge is 0.465 e. The van der Waals surface area contributed by atoms with Gasteiger partial charge in [0.25, 0.3) is 0 Å². The van der Waals surface area contributed by atoms with Crippen LogP contribution in [-0.4, -0.2) is 34.2 Å². The Morgan fingerprint density at radius 3 is 1.00 bits per heavy atom. The minimum absolute atomic E-state index is 0. The number of carbonyl (C=O) groups excluding carboxylic acids is 2. The zero-order valence-corrected chi connectivity index (χ0v) is 31.3. The normalized spacial score (nSPS) is 11.6. The maximum absolute atomic E-state index is 11.9. The molecule has 0 saturated carbocycles. The Morgan fingerprint density at radius 2 is 0.778 bits per heavy atom. The second kappa shape index (κ2) is 17.3. The van der Waals surface area contributed by atoms with E-state index in [0.717, 1.165) is 35.1 Å². The maximum Gasteiger partial charge on any atom is 0.405 e. The summed E-state index contributed by atoms with van der Waals surface area (Å²) in [5.41, 5.74) is 1.15. The van der Waals surface area contributed by atoms with Crippen molar-refractivity contribution in [2.24, 2.45) is 0 Å². The molecule has 0 aromatic heterocycles. The van der Waals surface area contributed by atoms with Crippen LogP contribution < -0.4 is 21.3 Å². The number of nitrogens with one attached hydrogen (secondary N) is 4. The molecule has 250 valence electrons. The van der Waals surface area contributed by atoms with E-state index in [1.165, 1.54) is 0 Å². The minimum Gasteiger partial charge on any atom is -0.465 e. The van der Waals surface area contributed by atoms with Crippen molar-refractivity contribution in [3.8, 4) is 0 Å². The van der Waals surface area contributed by atoms with E-state index in [0.29, 0.717) is 12.8 Å². The van der Waals surface area contributed by atoms with E-state index in [9.17, 15) is 19.2 Å². The van der Waals surface area contributed by atoms with E-state index in [-0.39, 0.29) is 32.9 Å². The topological polar surface area (TPSA) is 157 Å². The fourth-order valence-corrected chi connectivity index (χ4v) is 4.69. The smallest absolute Gasteiger partial charge is 0.405 e. The Labute approximate surface area is 282 Å². The van der Waals surface area contributed by atoms with Gasteiger partial charge in [-0.15, -0.1) is 0 Å². The van der Waals surface area contributed by atoms with Crippen LogP contribution in [0.1, 0.15) is 117 Å². The number of amides is 4. The molecule has 2 aromatic carbocycles. The van der Waals surface area contributed by atoms with Gasteiger partial charge in [-0.3, -0.25) is 9.59 Å². The van der Waals surface area contributed by atoms with Crippen molar-refractivity contribution >= 4 is 24.0 Å². The first-order valence-corrected chi connectivity index (χ1v) is 15.0. The van der Waals surface area contributed by atoms with E-state index in [4.69, 9.17) is 10.2 Å². The van der Waals surface area contributed by atoms with Gasteiger partial charge in [0.15, 0.2) is 0 Å². The summed E-state index contributed by atoms with van der Waals surface area (Å²) in [5.74, 6) is 0.0293. The Kier molecular flexibility index (Phi) is 16.0. The van der Waals surface area contributed by atoms with Crippen LogP contribution in [0.5, 0.6) is 0 Å². The summed E-state index contributed by atoms with van der Waals surface area (Å²) < 4.78 is 0. The summed E-state index contributed by atoms with van der Waals surface area (Å²) in [6, 6.07) is 15.3. The molecule has 0 saturated heterocycles. The van der Waals surface area contributed by atoms with Crippen LogP contribution in [0.2, 0.25) is 0 Å². The summed E-state index contributed by atoms with van der Waals surface area (Å²) in [5, 5.41) is 28.9. The van der Waals surface area contributed by atoms with Gasteiger partial charge in [0, 0.05) is 33.9 Å². The molecule has 11 heteroatoms. The molecule has 4 amide bonds. The van der Waals surface area contributed by atoms with Crippen molar-refractivity contribution < 1.29 is 50.5 Å². The molecule has 2 rings (SSSR count). The number of carboxylic acid groups (broad SMARTS) is 2. The Hall–Kier alpha value is -3.39. The average Bonchev–Trinajstić information content (AvgIpc) is 2.87. The summed E-state index contributed by atoms with van der Waals surface area (Å²) in [4.78, 5) is 45.6. The molecular formula is C34H52N4O6W. The third-order valence-electron chi connectivity index (χ3n) is 7.31. The van der Waals surface area contributed by atoms with E-state index >= 15 is 0 Å². The van der Waals surface area contributed by atoms with E-state index in [1.807, 2.05) is 118 Å². The third kappa shape index (κ3) is 13.6. The molecule has 0 heterocycles. The summed E-state index contributed by atoms with van der Waals surface area (Å²) >= 11 is 0. The van der Waals surface area contributed by atoms with Crippen molar-refractivity contribution in [1.82, 2.24) is 21.3 Å². The first kappa shape index (κ1) is 41.6. The van der Waals surface area contributed by atoms with Crippen molar-refractivity contribution in [1.29, 1.82) is 0 Å². The van der Waals surface area contributed by atoms with Gasteiger partial charge in [0.05, 0.1) is 22.2 Å². The molecule has 0 unspecified atom stereocenters. The Morgan fingerprint density at radius 1 is 0.533 bits per heavy atom. The van der Waals surface area contributed by atoms with Crippen LogP contribution in [0.3, 0.4) is 0 Å². The van der Waals surface area contributed by atoms with Crippen LogP contribution >= 0.6 is 0 Å². The van der Waals surface area contributed by atoms with Crippen molar-refractivity contribution in [3.05, 3.63) is 70.8 Å². The Balaban J connectivity index is 0.000000842. The van der Waals surface area contributed by atoms with Crippen LogP contribution in [-0.2, 0) is 52.8 Å². The molecule has 0 radical (unpaired) electrons. The van der Waals surface area contributed by atoms with Crippen molar-refractivity contribution in [2.75, 3.05) is 0 Å². The molecule has 0 spiro atoms. The molecule has 0 fully saturated rings. The number of hydrogen-bond donors (Lipinski definition) is 6. The van der Waals surface area contributed by atoms with Crippen molar-refractivity contribution in [2.45, 2.75) is 117 Å². The van der Waals surface area contributed by atoms with Gasteiger partial charge < -0.3 is 31.5 Å². The van der Waals surface area contributed by atoms with Gasteiger partial charge in [0.1, 0.15) is 0 Å². The zero-order valence-electron chi connectivity index (χ0n) is 28.4. The zero-order chi connectivity index (χ0) is 33.9. The van der Waals surface area contributed by atoms with Crippen LogP contribution in [0, 0.1) is 0 Å². The third-order valence-corrected chi connectivity index (χ3v) is 7.31. The standard InChI is InChI=1S/2C17H26N2O3.W/c2*1-6-8-14(20)18-16(2,3)12-9-7-10-13(11-12)17(4,5)19-15(21)22;/h2*7,9-11,19H,6,8H2,1-5H3,(H,18,20)(H,21,22);. The summed E-state index contributed by atoms with van der Waals surface area (Å²) in [6.07, 6.45) is 0.469. The predicted octanol–water partition coefficient (Wildman–Crippen LogP) is 6.68. The first-order valence-electron chi connectivity index (χ1n) is 15.0. The van der Waals surface area contributed by atoms with E-state index in [1.54, 1.807) is 0 Å². The monoisotopic (exact) mass is 796 g/mol. The Bertz CT molecular complexity index is 1210. The van der Waals surface area contributed by atoms with Crippen molar-refractivity contribution in [3.63, 3.8) is 0 Å².